The van der Waals surface area contributed by atoms with Crippen LogP contribution in [0.2, 0.25) is 0 Å². The number of fused-ring (bicyclic) bond motifs is 1. The Hall–Kier alpha value is -2.63. The van der Waals surface area contributed by atoms with Crippen molar-refractivity contribution < 1.29 is 18.4 Å². The van der Waals surface area contributed by atoms with Crippen LogP contribution in [-0.4, -0.2) is 24.9 Å². The van der Waals surface area contributed by atoms with Gasteiger partial charge >= 0.3 is 0 Å². The van der Waals surface area contributed by atoms with E-state index >= 15 is 0 Å². The second kappa shape index (κ2) is 6.47. The topological polar surface area (TPSA) is 62.6 Å². The Bertz CT molecular complexity index is 798. The molecular weight excluding hydrogens is 311 g/mol. The number of amides is 2. The van der Waals surface area contributed by atoms with E-state index in [1.807, 2.05) is 0 Å². The summed E-state index contributed by atoms with van der Waals surface area (Å²) in [7, 11) is 0. The number of halogens is 1. The van der Waals surface area contributed by atoms with E-state index in [1.165, 1.54) is 11.2 Å². The first kappa shape index (κ1) is 16.2. The Morgan fingerprint density at radius 2 is 2.21 bits per heavy atom. The van der Waals surface area contributed by atoms with Crippen LogP contribution >= 0.6 is 0 Å². The molecule has 6 heteroatoms. The molecule has 2 heterocycles. The van der Waals surface area contributed by atoms with Crippen LogP contribution < -0.4 is 10.2 Å². The summed E-state index contributed by atoms with van der Waals surface area (Å²) in [6.45, 7) is 4.23. The largest absolute Gasteiger partial charge is 0.468 e. The van der Waals surface area contributed by atoms with Crippen molar-refractivity contribution in [1.82, 2.24) is 5.32 Å². The van der Waals surface area contributed by atoms with Gasteiger partial charge in [-0.1, -0.05) is 12.1 Å². The van der Waals surface area contributed by atoms with Gasteiger partial charge in [0.05, 0.1) is 16.8 Å². The number of benzene rings is 1. The van der Waals surface area contributed by atoms with E-state index in [9.17, 15) is 14.0 Å². The van der Waals surface area contributed by atoms with Gasteiger partial charge in [0.25, 0.3) is 11.8 Å². The third-order valence-corrected chi connectivity index (χ3v) is 4.21. The standard InChI is InChI=1S/C18H19FN2O3/c1-3-21(13-7-4-6-11(2)16(13)19)18(23)12-10-24-14-8-5-9-20-17(22)15(12)14/h4,6-7,10H,3,5,8-9H2,1-2H3,(H,20,22). The minimum absolute atomic E-state index is 0.173. The molecule has 0 unspecified atom stereocenters. The Kier molecular flexibility index (Phi) is 4.38. The van der Waals surface area contributed by atoms with Crippen molar-refractivity contribution in [2.24, 2.45) is 0 Å². The number of nitrogens with zero attached hydrogens (tertiary/aromatic N) is 1. The van der Waals surface area contributed by atoms with Gasteiger partial charge in [-0.3, -0.25) is 9.59 Å². The molecule has 24 heavy (non-hydrogen) atoms. The molecule has 2 aromatic rings. The Morgan fingerprint density at radius 1 is 1.42 bits per heavy atom. The molecule has 0 atom stereocenters. The monoisotopic (exact) mass is 330 g/mol. The summed E-state index contributed by atoms with van der Waals surface area (Å²) in [6.07, 6.45) is 2.64. The second-order valence-electron chi connectivity index (χ2n) is 5.76. The number of furan rings is 1. The molecule has 0 saturated heterocycles. The fourth-order valence-electron chi connectivity index (χ4n) is 2.94. The van der Waals surface area contributed by atoms with Crippen LogP contribution in [0, 0.1) is 12.7 Å². The van der Waals surface area contributed by atoms with Crippen molar-refractivity contribution in [3.8, 4) is 0 Å². The zero-order valence-corrected chi connectivity index (χ0v) is 13.7. The highest BCUT2D eigenvalue weighted by Crippen LogP contribution is 2.27. The number of carbonyl (C=O) groups excluding carboxylic acids is 2. The highest BCUT2D eigenvalue weighted by molar-refractivity contribution is 6.13. The van der Waals surface area contributed by atoms with Gasteiger partial charge in [-0.2, -0.15) is 0 Å². The molecule has 1 aromatic carbocycles. The second-order valence-corrected chi connectivity index (χ2v) is 5.76. The third kappa shape index (κ3) is 2.68. The molecule has 0 aliphatic carbocycles. The van der Waals surface area contributed by atoms with E-state index in [1.54, 1.807) is 32.0 Å². The molecule has 1 aromatic heterocycles. The SMILES string of the molecule is CCN(C(=O)c1coc2c1C(=O)NCCC2)c1cccc(C)c1F. The summed E-state index contributed by atoms with van der Waals surface area (Å²) in [5.41, 5.74) is 1.10. The van der Waals surface area contributed by atoms with Crippen molar-refractivity contribution in [3.05, 3.63) is 52.7 Å². The van der Waals surface area contributed by atoms with Crippen molar-refractivity contribution >= 4 is 17.5 Å². The van der Waals surface area contributed by atoms with Crippen molar-refractivity contribution in [2.45, 2.75) is 26.7 Å². The summed E-state index contributed by atoms with van der Waals surface area (Å²) in [4.78, 5) is 26.5. The summed E-state index contributed by atoms with van der Waals surface area (Å²) in [5, 5.41) is 2.76. The van der Waals surface area contributed by atoms with Crippen molar-refractivity contribution in [1.29, 1.82) is 0 Å². The van der Waals surface area contributed by atoms with Gasteiger partial charge in [0.15, 0.2) is 0 Å². The zero-order chi connectivity index (χ0) is 17.3. The smallest absolute Gasteiger partial charge is 0.262 e. The van der Waals surface area contributed by atoms with Gasteiger partial charge in [0.1, 0.15) is 17.8 Å². The van der Waals surface area contributed by atoms with Gasteiger partial charge in [0.2, 0.25) is 0 Å². The molecule has 0 fully saturated rings. The summed E-state index contributed by atoms with van der Waals surface area (Å²) < 4.78 is 19.9. The summed E-state index contributed by atoms with van der Waals surface area (Å²) >= 11 is 0. The van der Waals surface area contributed by atoms with Crippen LogP contribution in [0.5, 0.6) is 0 Å². The van der Waals surface area contributed by atoms with E-state index < -0.39 is 11.7 Å². The lowest BCUT2D eigenvalue weighted by Gasteiger charge is -2.22. The highest BCUT2D eigenvalue weighted by atomic mass is 19.1. The molecular formula is C18H19FN2O3. The van der Waals surface area contributed by atoms with Crippen LogP contribution in [0.25, 0.3) is 0 Å². The third-order valence-electron chi connectivity index (χ3n) is 4.21. The lowest BCUT2D eigenvalue weighted by molar-refractivity contribution is 0.0936. The average Bonchev–Trinajstić information content (AvgIpc) is 2.91. The van der Waals surface area contributed by atoms with Crippen LogP contribution in [0.4, 0.5) is 10.1 Å². The predicted molar refractivity (Wildman–Crippen MR) is 87.8 cm³/mol. The zero-order valence-electron chi connectivity index (χ0n) is 13.7. The number of hydrogen-bond donors (Lipinski definition) is 1. The maximum absolute atomic E-state index is 14.4. The molecule has 0 radical (unpaired) electrons. The van der Waals surface area contributed by atoms with Crippen molar-refractivity contribution in [2.75, 3.05) is 18.0 Å². The molecule has 5 nitrogen and oxygen atoms in total. The first-order valence-corrected chi connectivity index (χ1v) is 8.00. The maximum Gasteiger partial charge on any atom is 0.262 e. The number of carbonyl (C=O) groups is 2. The van der Waals surface area contributed by atoms with Gasteiger partial charge < -0.3 is 14.6 Å². The Labute approximate surface area is 139 Å². The van der Waals surface area contributed by atoms with Gasteiger partial charge in [0, 0.05) is 19.5 Å². The molecule has 126 valence electrons. The number of aryl methyl sites for hydroxylation is 2. The number of hydrogen-bond acceptors (Lipinski definition) is 3. The van der Waals surface area contributed by atoms with E-state index in [0.29, 0.717) is 24.3 Å². The number of anilines is 1. The highest BCUT2D eigenvalue weighted by Gasteiger charge is 2.30. The van der Waals surface area contributed by atoms with Gasteiger partial charge in [-0.05, 0) is 31.9 Å². The van der Waals surface area contributed by atoms with E-state index in [-0.39, 0.29) is 29.3 Å². The Balaban J connectivity index is 2.03. The summed E-state index contributed by atoms with van der Waals surface area (Å²) in [6, 6.07) is 4.91. The number of nitrogens with one attached hydrogen (secondary N) is 1. The Morgan fingerprint density at radius 3 is 2.96 bits per heavy atom. The van der Waals surface area contributed by atoms with Crippen LogP contribution in [0.1, 0.15) is 45.4 Å². The molecule has 1 N–H and O–H groups in total. The fourth-order valence-corrected chi connectivity index (χ4v) is 2.94. The lowest BCUT2D eigenvalue weighted by Crippen LogP contribution is -2.33. The first-order valence-electron chi connectivity index (χ1n) is 8.00. The molecule has 3 rings (SSSR count). The first-order chi connectivity index (χ1) is 11.5. The summed E-state index contributed by atoms with van der Waals surface area (Å²) in [5.74, 6) is -0.690. The van der Waals surface area contributed by atoms with Crippen molar-refractivity contribution in [3.63, 3.8) is 0 Å². The van der Waals surface area contributed by atoms with E-state index in [4.69, 9.17) is 4.42 Å². The normalized spacial score (nSPS) is 13.9. The van der Waals surface area contributed by atoms with Gasteiger partial charge in [-0.15, -0.1) is 0 Å². The van der Waals surface area contributed by atoms with Crippen LogP contribution in [0.15, 0.2) is 28.9 Å². The maximum atomic E-state index is 14.4. The molecule has 2 amide bonds. The average molecular weight is 330 g/mol. The quantitative estimate of drug-likeness (QED) is 0.941. The van der Waals surface area contributed by atoms with Gasteiger partial charge in [-0.25, -0.2) is 4.39 Å². The lowest BCUT2D eigenvalue weighted by atomic mass is 10.1. The minimum Gasteiger partial charge on any atom is -0.468 e. The van der Waals surface area contributed by atoms with E-state index in [0.717, 1.165) is 6.42 Å². The minimum atomic E-state index is -0.441. The number of rotatable bonds is 3. The molecule has 0 bridgehead atoms. The van der Waals surface area contributed by atoms with E-state index in [2.05, 4.69) is 5.32 Å². The molecule has 0 spiro atoms. The fraction of sp³-hybridized carbons (Fsp3) is 0.333. The van der Waals surface area contributed by atoms with Crippen LogP contribution in [0.3, 0.4) is 0 Å². The molecule has 1 aliphatic heterocycles. The molecule has 0 saturated carbocycles. The van der Waals surface area contributed by atoms with Crippen LogP contribution in [-0.2, 0) is 6.42 Å². The molecule has 1 aliphatic rings. The predicted octanol–water partition coefficient (Wildman–Crippen LogP) is 3.07.